The number of ether oxygens (including phenoxy) is 4. The van der Waals surface area contributed by atoms with E-state index in [0.29, 0.717) is 0 Å². The fourth-order valence-corrected chi connectivity index (χ4v) is 7.62. The summed E-state index contributed by atoms with van der Waals surface area (Å²) in [6, 6.07) is 0.551. The van der Waals surface area contributed by atoms with Crippen molar-refractivity contribution < 1.29 is 84.2 Å². The molecule has 1 N–H and O–H groups in total. The molecule has 1 rings (SSSR count). The fraction of sp³-hybridized carbons (Fsp3) is 0.471. The Hall–Kier alpha value is -2.25. The van der Waals surface area contributed by atoms with E-state index in [2.05, 4.69) is 9.47 Å². The maximum absolute atomic E-state index is 12.7. The van der Waals surface area contributed by atoms with Crippen LogP contribution in [0.1, 0.15) is 12.5 Å². The van der Waals surface area contributed by atoms with E-state index in [-0.39, 0.29) is 26.7 Å². The molecule has 0 heterocycles. The van der Waals surface area contributed by atoms with Crippen LogP contribution < -0.4 is 17.9 Å². The fourth-order valence-electron chi connectivity index (χ4n) is 2.53. The van der Waals surface area contributed by atoms with Crippen molar-refractivity contribution >= 4 is 18.4 Å². The number of esters is 1. The van der Waals surface area contributed by atoms with Crippen molar-refractivity contribution in [3.05, 3.63) is 17.7 Å². The van der Waals surface area contributed by atoms with Gasteiger partial charge in [-0.1, -0.05) is 0 Å². The van der Waals surface area contributed by atoms with Crippen LogP contribution in [-0.2, 0) is 50.1 Å². The number of carbonyl (C=O) groups is 3. The molecule has 1 amide bonds. The summed E-state index contributed by atoms with van der Waals surface area (Å²) in [5.41, 5.74) is 0.00367. The summed E-state index contributed by atoms with van der Waals surface area (Å²) in [6.07, 6.45) is -11.1. The molecule has 0 saturated heterocycles. The zero-order chi connectivity index (χ0) is 24.7. The first-order valence-electron chi connectivity index (χ1n) is 8.78. The van der Waals surface area contributed by atoms with Gasteiger partial charge in [-0.25, -0.2) is 0 Å². The second-order valence-electron chi connectivity index (χ2n) is 6.05. The third-order valence-corrected chi connectivity index (χ3v) is 9.55. The number of carbonyl (C=O) groups excluding carboxylic acids is 3. The van der Waals surface area contributed by atoms with Gasteiger partial charge in [-0.15, -0.1) is 0 Å². The van der Waals surface area contributed by atoms with Crippen LogP contribution in [0.2, 0.25) is 0 Å². The standard InChI is InChI=1S/C15H17F3NO5.C2F3O2.Hg/c1-4-24-13(20)10(19-14(21)15(16,17)18)7-9-5-6-11(22-2)12(8-9)23-3;3-2(4,5)7-1-6;/h6,8,10H,4,7H2,1-3H3,(H,19,21);;. The molecule has 0 radical (unpaired) electrons. The molecule has 0 spiro atoms. The molecule has 32 heavy (non-hydrogen) atoms. The summed E-state index contributed by atoms with van der Waals surface area (Å²) < 4.78 is 91.8. The molecule has 1 aromatic carbocycles. The zero-order valence-corrected chi connectivity index (χ0v) is 22.5. The second-order valence-corrected chi connectivity index (χ2v) is 12.6. The Bertz CT molecular complexity index is 844. The van der Waals surface area contributed by atoms with Gasteiger partial charge in [-0.05, 0) is 0 Å². The Morgan fingerprint density at radius 3 is 2.06 bits per heavy atom. The Kier molecular flexibility index (Phi) is 10.0. The summed E-state index contributed by atoms with van der Waals surface area (Å²) in [6.45, 7) is 1.17. The van der Waals surface area contributed by atoms with Crippen LogP contribution in [-0.4, -0.2) is 54.8 Å². The summed E-state index contributed by atoms with van der Waals surface area (Å²) in [5.74, 6) is -3.55. The first-order chi connectivity index (χ1) is 14.7. The molecule has 1 aromatic rings. The monoisotopic (exact) mass is 663 g/mol. The van der Waals surface area contributed by atoms with Gasteiger partial charge in [-0.2, -0.15) is 0 Å². The summed E-state index contributed by atoms with van der Waals surface area (Å²) >= 11 is -3.40. The SMILES string of the molecule is CCOC(=O)C(Cc1cc(OC)c(OC)c[c]1[Hg][C](=O)OC(F)(F)F)NC(=O)C(F)(F)F. The van der Waals surface area contributed by atoms with Crippen LogP contribution in [0.4, 0.5) is 31.1 Å². The van der Waals surface area contributed by atoms with Crippen molar-refractivity contribution in [3.63, 3.8) is 0 Å². The quantitative estimate of drug-likeness (QED) is 0.246. The molecule has 0 saturated carbocycles. The van der Waals surface area contributed by atoms with E-state index < -0.39 is 64.9 Å². The van der Waals surface area contributed by atoms with E-state index in [1.165, 1.54) is 38.6 Å². The number of amides is 1. The van der Waals surface area contributed by atoms with Gasteiger partial charge in [0, 0.05) is 0 Å². The van der Waals surface area contributed by atoms with Gasteiger partial charge in [0.15, 0.2) is 0 Å². The number of rotatable bonds is 9. The van der Waals surface area contributed by atoms with Gasteiger partial charge in [0.1, 0.15) is 0 Å². The summed E-state index contributed by atoms with van der Waals surface area (Å²) in [7, 11) is 2.44. The molecule has 0 aliphatic carbocycles. The molecule has 0 aromatic heterocycles. The molecule has 0 aliphatic rings. The van der Waals surface area contributed by atoms with Crippen molar-refractivity contribution in [2.45, 2.75) is 31.9 Å². The zero-order valence-electron chi connectivity index (χ0n) is 17.0. The van der Waals surface area contributed by atoms with Gasteiger partial charge >= 0.3 is 190 Å². The Balaban J connectivity index is 3.38. The Morgan fingerprint density at radius 1 is 1.03 bits per heavy atom. The Labute approximate surface area is 189 Å². The van der Waals surface area contributed by atoms with E-state index in [1.54, 1.807) is 0 Å². The van der Waals surface area contributed by atoms with Crippen LogP contribution in [0, 0.1) is 0 Å². The molecule has 0 aliphatic heterocycles. The van der Waals surface area contributed by atoms with Crippen LogP contribution in [0.15, 0.2) is 12.1 Å². The summed E-state index contributed by atoms with van der Waals surface area (Å²) in [5, 5.41) is 1.49. The molecule has 176 valence electrons. The number of hydrogen-bond acceptors (Lipinski definition) is 7. The van der Waals surface area contributed by atoms with Crippen molar-refractivity contribution in [2.75, 3.05) is 20.8 Å². The van der Waals surface area contributed by atoms with Gasteiger partial charge < -0.3 is 0 Å². The molecule has 15 heteroatoms. The number of hydrogen-bond donors (Lipinski definition) is 1. The average molecular weight is 662 g/mol. The van der Waals surface area contributed by atoms with Gasteiger partial charge in [0.05, 0.1) is 0 Å². The molecular formula is C17H17F6HgNO7. The molecule has 1 atom stereocenters. The van der Waals surface area contributed by atoms with Gasteiger partial charge in [-0.3, -0.25) is 0 Å². The Morgan fingerprint density at radius 2 is 1.59 bits per heavy atom. The van der Waals surface area contributed by atoms with Crippen molar-refractivity contribution in [2.24, 2.45) is 0 Å². The molecule has 0 fully saturated rings. The van der Waals surface area contributed by atoms with Crippen molar-refractivity contribution in [3.8, 4) is 11.5 Å². The molecule has 8 nitrogen and oxygen atoms in total. The third-order valence-electron chi connectivity index (χ3n) is 3.83. The number of halogens is 6. The predicted molar refractivity (Wildman–Crippen MR) is 90.0 cm³/mol. The molecule has 0 bridgehead atoms. The van der Waals surface area contributed by atoms with Crippen LogP contribution in [0.25, 0.3) is 0 Å². The third kappa shape index (κ3) is 8.71. The predicted octanol–water partition coefficient (Wildman–Crippen LogP) is 2.22. The van der Waals surface area contributed by atoms with E-state index in [1.807, 2.05) is 0 Å². The van der Waals surface area contributed by atoms with Crippen molar-refractivity contribution in [1.29, 1.82) is 0 Å². The first kappa shape index (κ1) is 27.8. The minimum absolute atomic E-state index is 0.00367. The van der Waals surface area contributed by atoms with Crippen LogP contribution >= 0.6 is 0 Å². The molecule has 1 unspecified atom stereocenters. The van der Waals surface area contributed by atoms with E-state index in [9.17, 15) is 40.7 Å². The average Bonchev–Trinajstić information content (AvgIpc) is 2.65. The first-order valence-corrected chi connectivity index (χ1v) is 14.3. The normalized spacial score (nSPS) is 12.3. The number of methoxy groups -OCH3 is 2. The van der Waals surface area contributed by atoms with E-state index >= 15 is 0 Å². The second kappa shape index (κ2) is 11.6. The minimum atomic E-state index is -5.30. The van der Waals surface area contributed by atoms with Crippen molar-refractivity contribution in [1.82, 2.24) is 5.32 Å². The summed E-state index contributed by atoms with van der Waals surface area (Å²) in [4.78, 5) is 35.2. The number of alkyl halides is 6. The van der Waals surface area contributed by atoms with Crippen LogP contribution in [0.5, 0.6) is 11.5 Å². The van der Waals surface area contributed by atoms with E-state index in [0.717, 1.165) is 0 Å². The maximum atomic E-state index is 12.7. The number of nitrogens with one attached hydrogen (secondary N) is 1. The van der Waals surface area contributed by atoms with E-state index in [4.69, 9.17) is 9.47 Å². The number of benzene rings is 1. The topological polar surface area (TPSA) is 100 Å². The molecular weight excluding hydrogens is 645 g/mol. The van der Waals surface area contributed by atoms with Gasteiger partial charge in [0.25, 0.3) is 0 Å². The van der Waals surface area contributed by atoms with Gasteiger partial charge in [0.2, 0.25) is 0 Å². The van der Waals surface area contributed by atoms with Crippen LogP contribution in [0.3, 0.4) is 0 Å².